The lowest BCUT2D eigenvalue weighted by atomic mass is 9.91. The van der Waals surface area contributed by atoms with Gasteiger partial charge >= 0.3 is 0 Å². The zero-order valence-electron chi connectivity index (χ0n) is 9.20. The van der Waals surface area contributed by atoms with Gasteiger partial charge in [0.2, 0.25) is 0 Å². The molecule has 16 heavy (non-hydrogen) atoms. The summed E-state index contributed by atoms with van der Waals surface area (Å²) in [5.41, 5.74) is 7.50. The molecule has 0 saturated heterocycles. The van der Waals surface area contributed by atoms with Crippen molar-refractivity contribution >= 4 is 5.96 Å². The summed E-state index contributed by atoms with van der Waals surface area (Å²) in [6.45, 7) is 0.645. The van der Waals surface area contributed by atoms with E-state index in [1.54, 1.807) is 6.07 Å². The van der Waals surface area contributed by atoms with Crippen molar-refractivity contribution in [1.29, 1.82) is 0 Å². The van der Waals surface area contributed by atoms with E-state index in [0.717, 1.165) is 24.0 Å². The molecule has 2 N–H and O–H groups in total. The highest BCUT2D eigenvalue weighted by molar-refractivity contribution is 5.81. The first kappa shape index (κ1) is 9.63. The quantitative estimate of drug-likeness (QED) is 0.713. The first-order valence-corrected chi connectivity index (χ1v) is 5.47. The number of benzene rings is 1. The summed E-state index contributed by atoms with van der Waals surface area (Å²) in [6.07, 6.45) is 1.67. The molecular weight excluding hydrogens is 205 g/mol. The van der Waals surface area contributed by atoms with E-state index in [1.807, 2.05) is 18.0 Å². The third-order valence-corrected chi connectivity index (χ3v) is 3.90. The molecular formula is C12H14FN3. The summed E-state index contributed by atoms with van der Waals surface area (Å²) in [7, 11) is 1.94. The van der Waals surface area contributed by atoms with E-state index < -0.39 is 0 Å². The van der Waals surface area contributed by atoms with Crippen molar-refractivity contribution in [3.8, 4) is 0 Å². The zero-order chi connectivity index (χ0) is 11.3. The Labute approximate surface area is 93.8 Å². The second kappa shape index (κ2) is 2.97. The van der Waals surface area contributed by atoms with Crippen LogP contribution in [0.3, 0.4) is 0 Å². The summed E-state index contributed by atoms with van der Waals surface area (Å²) >= 11 is 0. The molecule has 0 radical (unpaired) electrons. The van der Waals surface area contributed by atoms with Crippen molar-refractivity contribution in [2.45, 2.75) is 18.4 Å². The van der Waals surface area contributed by atoms with Gasteiger partial charge in [0.25, 0.3) is 0 Å². The lowest BCUT2D eigenvalue weighted by molar-refractivity contribution is 0.239. The fraction of sp³-hybridized carbons (Fsp3) is 0.417. The topological polar surface area (TPSA) is 41.6 Å². The maximum atomic E-state index is 13.7. The molecule has 4 heteroatoms. The highest BCUT2D eigenvalue weighted by Crippen LogP contribution is 2.44. The van der Waals surface area contributed by atoms with Crippen LogP contribution in [0.15, 0.2) is 23.2 Å². The number of nitrogens with zero attached hydrogens (tertiary/aromatic N) is 2. The third kappa shape index (κ3) is 0.991. The van der Waals surface area contributed by atoms with Crippen molar-refractivity contribution in [3.05, 3.63) is 35.1 Å². The molecule has 1 unspecified atom stereocenters. The van der Waals surface area contributed by atoms with E-state index >= 15 is 0 Å². The summed E-state index contributed by atoms with van der Waals surface area (Å²) in [6, 6.07) is 5.29. The van der Waals surface area contributed by atoms with E-state index in [0.29, 0.717) is 12.5 Å². The van der Waals surface area contributed by atoms with Gasteiger partial charge in [0.15, 0.2) is 5.96 Å². The molecule has 0 amide bonds. The number of halogens is 1. The predicted molar refractivity (Wildman–Crippen MR) is 60.7 cm³/mol. The van der Waals surface area contributed by atoms with Gasteiger partial charge in [-0.15, -0.1) is 0 Å². The number of aliphatic imine (C=N–C) groups is 1. The molecule has 0 saturated carbocycles. The largest absolute Gasteiger partial charge is 0.370 e. The Balaban J connectivity index is 2.14. The first-order chi connectivity index (χ1) is 7.65. The lowest BCUT2D eigenvalue weighted by Crippen LogP contribution is -2.45. The minimum absolute atomic E-state index is 0.103. The van der Waals surface area contributed by atoms with Crippen molar-refractivity contribution in [1.82, 2.24) is 4.90 Å². The van der Waals surface area contributed by atoms with Crippen molar-refractivity contribution in [2.75, 3.05) is 13.6 Å². The molecule has 1 aromatic rings. The molecule has 1 heterocycles. The minimum atomic E-state index is -0.193. The number of guanidine groups is 1. The Hall–Kier alpha value is -1.58. The van der Waals surface area contributed by atoms with Crippen LogP contribution in [-0.2, 0) is 12.0 Å². The number of fused-ring (bicyclic) bond motifs is 2. The maximum Gasteiger partial charge on any atom is 0.191 e. The van der Waals surface area contributed by atoms with Crippen molar-refractivity contribution < 1.29 is 4.39 Å². The van der Waals surface area contributed by atoms with E-state index in [-0.39, 0.29) is 11.4 Å². The average molecular weight is 219 g/mol. The number of hydrogen-bond donors (Lipinski definition) is 1. The van der Waals surface area contributed by atoms with Crippen LogP contribution in [0.25, 0.3) is 0 Å². The van der Waals surface area contributed by atoms with Gasteiger partial charge in [0.05, 0.1) is 12.1 Å². The molecule has 0 aromatic heterocycles. The first-order valence-electron chi connectivity index (χ1n) is 5.47. The summed E-state index contributed by atoms with van der Waals surface area (Å²) < 4.78 is 13.7. The van der Waals surface area contributed by atoms with E-state index in [4.69, 9.17) is 5.73 Å². The number of likely N-dealkylation sites (N-methyl/N-ethyl adjacent to an activating group) is 1. The van der Waals surface area contributed by atoms with Crippen molar-refractivity contribution in [3.63, 3.8) is 0 Å². The summed E-state index contributed by atoms with van der Waals surface area (Å²) in [4.78, 5) is 6.26. The Bertz CT molecular complexity index is 483. The highest BCUT2D eigenvalue weighted by Gasteiger charge is 2.46. The Kier molecular flexibility index (Phi) is 1.79. The molecule has 0 fully saturated rings. The Morgan fingerprint density at radius 2 is 2.31 bits per heavy atom. The lowest BCUT2D eigenvalue weighted by Gasteiger charge is -2.33. The molecule has 1 atom stereocenters. The van der Waals surface area contributed by atoms with Gasteiger partial charge in [-0.3, -0.25) is 4.99 Å². The molecule has 1 spiro atoms. The van der Waals surface area contributed by atoms with Gasteiger partial charge in [-0.25, -0.2) is 4.39 Å². The van der Waals surface area contributed by atoms with E-state index in [1.165, 1.54) is 6.07 Å². The molecule has 1 aliphatic carbocycles. The van der Waals surface area contributed by atoms with Crippen LogP contribution in [0.2, 0.25) is 0 Å². The van der Waals surface area contributed by atoms with Gasteiger partial charge in [-0.05, 0) is 30.0 Å². The second-order valence-electron chi connectivity index (χ2n) is 4.53. The minimum Gasteiger partial charge on any atom is -0.370 e. The highest BCUT2D eigenvalue weighted by atomic mass is 19.1. The van der Waals surface area contributed by atoms with Gasteiger partial charge in [-0.1, -0.05) is 12.1 Å². The van der Waals surface area contributed by atoms with E-state index in [2.05, 4.69) is 4.99 Å². The normalized spacial score (nSPS) is 27.4. The van der Waals surface area contributed by atoms with Crippen LogP contribution in [0.4, 0.5) is 4.39 Å². The molecule has 3 nitrogen and oxygen atoms in total. The molecule has 2 aliphatic rings. The SMILES string of the molecule is CN1C(N)=NCC12CCc1c(F)cccc12. The summed E-state index contributed by atoms with van der Waals surface area (Å²) in [5, 5.41) is 0. The Morgan fingerprint density at radius 3 is 3.00 bits per heavy atom. The van der Waals surface area contributed by atoms with Crippen molar-refractivity contribution in [2.24, 2.45) is 10.7 Å². The van der Waals surface area contributed by atoms with Crippen LogP contribution in [0, 0.1) is 5.82 Å². The average Bonchev–Trinajstić information content (AvgIpc) is 2.78. The standard InChI is InChI=1S/C12H14FN3/c1-16-11(14)15-7-12(16)6-5-8-9(12)3-2-4-10(8)13/h2-4H,5-7H2,1H3,(H2,14,15). The van der Waals surface area contributed by atoms with Crippen LogP contribution >= 0.6 is 0 Å². The predicted octanol–water partition coefficient (Wildman–Crippen LogP) is 1.23. The second-order valence-corrected chi connectivity index (χ2v) is 4.53. The number of hydrogen-bond acceptors (Lipinski definition) is 3. The summed E-state index contributed by atoms with van der Waals surface area (Å²) in [5.74, 6) is 0.449. The van der Waals surface area contributed by atoms with Crippen LogP contribution < -0.4 is 5.73 Å². The van der Waals surface area contributed by atoms with Gasteiger partial charge in [0.1, 0.15) is 5.82 Å². The molecule has 1 aliphatic heterocycles. The number of nitrogens with two attached hydrogens (primary N) is 1. The number of rotatable bonds is 0. The van der Waals surface area contributed by atoms with E-state index in [9.17, 15) is 4.39 Å². The van der Waals surface area contributed by atoms with Crippen LogP contribution in [0.1, 0.15) is 17.5 Å². The molecule has 3 rings (SSSR count). The zero-order valence-corrected chi connectivity index (χ0v) is 9.20. The molecule has 84 valence electrons. The van der Waals surface area contributed by atoms with Gasteiger partial charge in [-0.2, -0.15) is 0 Å². The smallest absolute Gasteiger partial charge is 0.191 e. The van der Waals surface area contributed by atoms with Gasteiger partial charge in [0, 0.05) is 7.05 Å². The van der Waals surface area contributed by atoms with Crippen LogP contribution in [0.5, 0.6) is 0 Å². The maximum absolute atomic E-state index is 13.7. The monoisotopic (exact) mass is 219 g/mol. The fourth-order valence-corrected chi connectivity index (χ4v) is 2.87. The van der Waals surface area contributed by atoms with Gasteiger partial charge < -0.3 is 10.6 Å². The molecule has 1 aromatic carbocycles. The fourth-order valence-electron chi connectivity index (χ4n) is 2.87. The van der Waals surface area contributed by atoms with Crippen LogP contribution in [-0.4, -0.2) is 24.5 Å². The third-order valence-electron chi connectivity index (χ3n) is 3.90. The molecule has 0 bridgehead atoms. The Morgan fingerprint density at radius 1 is 1.50 bits per heavy atom.